The van der Waals surface area contributed by atoms with E-state index >= 15 is 0 Å². The standard InChI is InChI=1S/C18H27N3O3S.C9H10F2O/c1-5-14(17(23)20-9-10-24-6-2)8-7-12(3)21-18-15(16(19)22)11-13(4)25-18;1-9(2,12)6-3-7(10)5-8(11)4-6/h7-8,11,21H,5-6,9-10H2,1-4H3,(H2,19,22)(H,20,23);3-5,12H,1-2H3/b12-7+,14-8+;. The summed E-state index contributed by atoms with van der Waals surface area (Å²) in [5, 5.41) is 16.1. The number of rotatable bonds is 11. The number of thiophene rings is 1. The first kappa shape index (κ1) is 31.9. The van der Waals surface area contributed by atoms with Gasteiger partial charge in [-0.3, -0.25) is 9.59 Å². The van der Waals surface area contributed by atoms with Gasteiger partial charge in [-0.25, -0.2) is 8.78 Å². The second-order valence-electron chi connectivity index (χ2n) is 8.65. The van der Waals surface area contributed by atoms with Gasteiger partial charge in [0.15, 0.2) is 0 Å². The van der Waals surface area contributed by atoms with Crippen molar-refractivity contribution in [3.63, 3.8) is 0 Å². The highest BCUT2D eigenvalue weighted by Gasteiger charge is 2.17. The van der Waals surface area contributed by atoms with Crippen LogP contribution >= 0.6 is 11.3 Å². The van der Waals surface area contributed by atoms with E-state index in [1.807, 2.05) is 33.8 Å². The predicted molar refractivity (Wildman–Crippen MR) is 144 cm³/mol. The third kappa shape index (κ3) is 11.7. The molecular weight excluding hydrogens is 500 g/mol. The first-order chi connectivity index (χ1) is 17.3. The molecular formula is C27H37F2N3O4S. The maximum atomic E-state index is 12.6. The fourth-order valence-electron chi connectivity index (χ4n) is 2.99. The third-order valence-electron chi connectivity index (χ3n) is 4.94. The van der Waals surface area contributed by atoms with Crippen molar-refractivity contribution < 1.29 is 28.2 Å². The van der Waals surface area contributed by atoms with Crippen LogP contribution < -0.4 is 16.4 Å². The van der Waals surface area contributed by atoms with Gasteiger partial charge in [0.25, 0.3) is 5.91 Å². The molecule has 2 amide bonds. The Hall–Kier alpha value is -3.08. The Morgan fingerprint density at radius 1 is 1.14 bits per heavy atom. The number of allylic oxidation sites excluding steroid dienone is 3. The van der Waals surface area contributed by atoms with E-state index in [0.717, 1.165) is 28.8 Å². The van der Waals surface area contributed by atoms with Crippen molar-refractivity contribution in [1.82, 2.24) is 5.32 Å². The Morgan fingerprint density at radius 2 is 1.76 bits per heavy atom. The Labute approximate surface area is 221 Å². The molecule has 0 aliphatic rings. The molecule has 37 heavy (non-hydrogen) atoms. The van der Waals surface area contributed by atoms with E-state index < -0.39 is 23.1 Å². The molecule has 0 saturated carbocycles. The van der Waals surface area contributed by atoms with Crippen LogP contribution in [-0.2, 0) is 15.1 Å². The molecule has 0 aliphatic heterocycles. The van der Waals surface area contributed by atoms with E-state index in [9.17, 15) is 23.5 Å². The summed E-state index contributed by atoms with van der Waals surface area (Å²) in [6.45, 7) is 12.2. The van der Waals surface area contributed by atoms with E-state index in [1.165, 1.54) is 25.2 Å². The minimum Gasteiger partial charge on any atom is -0.386 e. The molecule has 7 nitrogen and oxygen atoms in total. The van der Waals surface area contributed by atoms with Crippen molar-refractivity contribution in [2.24, 2.45) is 5.73 Å². The summed E-state index contributed by atoms with van der Waals surface area (Å²) in [4.78, 5) is 24.6. The number of benzene rings is 1. The quantitative estimate of drug-likeness (QED) is 0.180. The molecule has 204 valence electrons. The Kier molecular flexibility index (Phi) is 13.2. The second kappa shape index (κ2) is 15.2. The van der Waals surface area contributed by atoms with Crippen LogP contribution in [0.2, 0.25) is 0 Å². The van der Waals surface area contributed by atoms with Gasteiger partial charge in [-0.2, -0.15) is 0 Å². The number of ether oxygens (including phenoxy) is 1. The molecule has 0 bridgehead atoms. The molecule has 0 fully saturated rings. The topological polar surface area (TPSA) is 114 Å². The number of aliphatic hydroxyl groups is 1. The maximum absolute atomic E-state index is 12.6. The van der Waals surface area contributed by atoms with E-state index in [-0.39, 0.29) is 11.5 Å². The number of anilines is 1. The van der Waals surface area contributed by atoms with Crippen molar-refractivity contribution in [3.8, 4) is 0 Å². The van der Waals surface area contributed by atoms with E-state index in [2.05, 4.69) is 10.6 Å². The second-order valence-corrected chi connectivity index (χ2v) is 9.91. The van der Waals surface area contributed by atoms with Crippen LogP contribution in [0.3, 0.4) is 0 Å². The Morgan fingerprint density at radius 3 is 2.27 bits per heavy atom. The van der Waals surface area contributed by atoms with Crippen LogP contribution in [0.5, 0.6) is 0 Å². The number of hydrogen-bond acceptors (Lipinski definition) is 6. The molecule has 0 spiro atoms. The summed E-state index contributed by atoms with van der Waals surface area (Å²) in [5.74, 6) is -1.91. The maximum Gasteiger partial charge on any atom is 0.251 e. The fourth-order valence-corrected chi connectivity index (χ4v) is 3.97. The van der Waals surface area contributed by atoms with Crippen LogP contribution in [0.4, 0.5) is 13.8 Å². The summed E-state index contributed by atoms with van der Waals surface area (Å²) in [7, 11) is 0. The van der Waals surface area contributed by atoms with Crippen LogP contribution in [-0.4, -0.2) is 36.7 Å². The fraction of sp³-hybridized carbons (Fsp3) is 0.407. The van der Waals surface area contributed by atoms with Crippen LogP contribution in [0.1, 0.15) is 61.8 Å². The molecule has 1 aromatic carbocycles. The molecule has 1 aromatic heterocycles. The molecule has 0 aliphatic carbocycles. The first-order valence-corrected chi connectivity index (χ1v) is 12.7. The van der Waals surface area contributed by atoms with Crippen molar-refractivity contribution in [1.29, 1.82) is 0 Å². The summed E-state index contributed by atoms with van der Waals surface area (Å²) < 4.78 is 30.4. The number of carbonyl (C=O) groups is 2. The number of carbonyl (C=O) groups excluding carboxylic acids is 2. The zero-order valence-electron chi connectivity index (χ0n) is 22.2. The van der Waals surface area contributed by atoms with Gasteiger partial charge in [-0.15, -0.1) is 11.3 Å². The van der Waals surface area contributed by atoms with Gasteiger partial charge in [0.2, 0.25) is 5.91 Å². The van der Waals surface area contributed by atoms with E-state index in [0.29, 0.717) is 42.3 Å². The van der Waals surface area contributed by atoms with Crippen molar-refractivity contribution in [2.75, 3.05) is 25.1 Å². The number of halogens is 2. The van der Waals surface area contributed by atoms with E-state index in [1.54, 1.807) is 12.1 Å². The SMILES string of the molecule is CC(C)(O)c1cc(F)cc(F)c1.CCOCCNC(=O)/C(=C/C=C(\C)Nc1sc(C)cc1C(N)=O)CC. The monoisotopic (exact) mass is 537 g/mol. The minimum absolute atomic E-state index is 0.101. The first-order valence-electron chi connectivity index (χ1n) is 11.9. The number of nitrogens with two attached hydrogens (primary N) is 1. The lowest BCUT2D eigenvalue weighted by Gasteiger charge is -2.17. The largest absolute Gasteiger partial charge is 0.386 e. The average molecular weight is 538 g/mol. The molecule has 1 heterocycles. The zero-order valence-corrected chi connectivity index (χ0v) is 23.0. The normalized spacial score (nSPS) is 12.0. The van der Waals surface area contributed by atoms with Gasteiger partial charge in [-0.1, -0.05) is 13.0 Å². The van der Waals surface area contributed by atoms with Gasteiger partial charge in [-0.05, 0) is 70.9 Å². The van der Waals surface area contributed by atoms with Gasteiger partial charge in [0, 0.05) is 35.4 Å². The number of aryl methyl sites for hydroxylation is 1. The summed E-state index contributed by atoms with van der Waals surface area (Å²) in [6.07, 6.45) is 4.22. The van der Waals surface area contributed by atoms with Crippen LogP contribution in [0.25, 0.3) is 0 Å². The molecule has 0 unspecified atom stereocenters. The Balaban J connectivity index is 0.000000474. The lowest BCUT2D eigenvalue weighted by atomic mass is 9.98. The van der Waals surface area contributed by atoms with Crippen molar-refractivity contribution >= 4 is 28.2 Å². The van der Waals surface area contributed by atoms with Crippen LogP contribution in [0.15, 0.2) is 47.7 Å². The lowest BCUT2D eigenvalue weighted by molar-refractivity contribution is -0.117. The number of nitrogens with one attached hydrogen (secondary N) is 2. The van der Waals surface area contributed by atoms with E-state index in [4.69, 9.17) is 10.5 Å². The average Bonchev–Trinajstić information content (AvgIpc) is 3.16. The van der Waals surface area contributed by atoms with Gasteiger partial charge in [0.05, 0.1) is 17.8 Å². The minimum atomic E-state index is -1.21. The predicted octanol–water partition coefficient (Wildman–Crippen LogP) is 5.15. The molecule has 2 rings (SSSR count). The number of hydrogen-bond donors (Lipinski definition) is 4. The third-order valence-corrected chi connectivity index (χ3v) is 5.91. The van der Waals surface area contributed by atoms with Crippen LogP contribution in [0, 0.1) is 18.6 Å². The van der Waals surface area contributed by atoms with Gasteiger partial charge < -0.3 is 26.2 Å². The Bertz CT molecular complexity index is 1100. The highest BCUT2D eigenvalue weighted by molar-refractivity contribution is 7.16. The molecule has 10 heteroatoms. The lowest BCUT2D eigenvalue weighted by Crippen LogP contribution is -2.28. The van der Waals surface area contributed by atoms with Crippen molar-refractivity contribution in [3.05, 3.63) is 75.3 Å². The molecule has 0 radical (unpaired) electrons. The smallest absolute Gasteiger partial charge is 0.251 e. The zero-order chi connectivity index (χ0) is 28.2. The highest BCUT2D eigenvalue weighted by atomic mass is 32.1. The summed E-state index contributed by atoms with van der Waals surface area (Å²) in [6, 6.07) is 4.77. The number of primary amides is 1. The number of amides is 2. The molecule has 5 N–H and O–H groups in total. The molecule has 2 aromatic rings. The molecule has 0 atom stereocenters. The summed E-state index contributed by atoms with van der Waals surface area (Å²) in [5.41, 5.74) is 6.39. The highest BCUT2D eigenvalue weighted by Crippen LogP contribution is 2.28. The van der Waals surface area contributed by atoms with Gasteiger partial charge >= 0.3 is 0 Å². The van der Waals surface area contributed by atoms with Crippen molar-refractivity contribution in [2.45, 2.75) is 53.6 Å². The van der Waals surface area contributed by atoms with Gasteiger partial charge in [0.1, 0.15) is 16.6 Å². The summed E-state index contributed by atoms with van der Waals surface area (Å²) >= 11 is 1.47. The molecule has 0 saturated heterocycles.